The molecule has 0 aliphatic heterocycles. The maximum Gasteiger partial charge on any atom is 0.264 e. The summed E-state index contributed by atoms with van der Waals surface area (Å²) in [5.74, 6) is -0.199. The van der Waals surface area contributed by atoms with Crippen molar-refractivity contribution in [3.63, 3.8) is 0 Å². The summed E-state index contributed by atoms with van der Waals surface area (Å²) in [6, 6.07) is 19.4. The number of thiazole rings is 1. The standard InChI is InChI=1S/C30H36N4O3S2/c1-6-32(7-2)18-19-33(30-31-28-23(5)20-22(4)21-27(28)38-30)29(35)24-14-16-26(17-15-24)39(36,37)34(8-3)25-12-10-9-11-13-25/h9-17,20-21H,6-8,18-19H2,1-5H3. The van der Waals surface area contributed by atoms with E-state index in [1.807, 2.05) is 25.1 Å². The Morgan fingerprint density at radius 1 is 0.872 bits per heavy atom. The first-order valence-electron chi connectivity index (χ1n) is 13.3. The summed E-state index contributed by atoms with van der Waals surface area (Å²) in [5.41, 5.74) is 4.16. The fraction of sp³-hybridized carbons (Fsp3) is 0.333. The van der Waals surface area contributed by atoms with E-state index in [-0.39, 0.29) is 10.8 Å². The lowest BCUT2D eigenvalue weighted by molar-refractivity contribution is 0.0983. The molecule has 1 heterocycles. The van der Waals surface area contributed by atoms with Gasteiger partial charge in [-0.1, -0.05) is 49.4 Å². The Morgan fingerprint density at radius 2 is 1.54 bits per heavy atom. The molecular weight excluding hydrogens is 528 g/mol. The molecule has 1 aromatic heterocycles. The van der Waals surface area contributed by atoms with Crippen LogP contribution in [0.5, 0.6) is 0 Å². The Hall–Kier alpha value is -3.27. The number of anilines is 2. The van der Waals surface area contributed by atoms with Gasteiger partial charge in [-0.2, -0.15) is 0 Å². The quantitative estimate of drug-likeness (QED) is 0.220. The third kappa shape index (κ3) is 6.16. The first-order valence-corrected chi connectivity index (χ1v) is 15.5. The number of aromatic nitrogens is 1. The van der Waals surface area contributed by atoms with Crippen LogP contribution in [0.25, 0.3) is 10.2 Å². The molecule has 206 valence electrons. The molecule has 0 spiro atoms. The Kier molecular flexibility index (Phi) is 9.04. The molecule has 0 saturated heterocycles. The summed E-state index contributed by atoms with van der Waals surface area (Å²) in [6.07, 6.45) is 0. The van der Waals surface area contributed by atoms with Gasteiger partial charge < -0.3 is 4.90 Å². The van der Waals surface area contributed by atoms with Crippen LogP contribution in [0.15, 0.2) is 71.6 Å². The van der Waals surface area contributed by atoms with Crippen molar-refractivity contribution in [3.8, 4) is 0 Å². The van der Waals surface area contributed by atoms with Crippen molar-refractivity contribution >= 4 is 48.3 Å². The Labute approximate surface area is 235 Å². The van der Waals surface area contributed by atoms with Gasteiger partial charge in [0, 0.05) is 25.2 Å². The molecule has 0 fully saturated rings. The average molecular weight is 565 g/mol. The summed E-state index contributed by atoms with van der Waals surface area (Å²) in [4.78, 5) is 22.8. The number of aryl methyl sites for hydroxylation is 2. The van der Waals surface area contributed by atoms with Crippen molar-refractivity contribution in [2.24, 2.45) is 0 Å². The molecule has 0 atom stereocenters. The lowest BCUT2D eigenvalue weighted by Gasteiger charge is -2.25. The van der Waals surface area contributed by atoms with Crippen LogP contribution in [0.4, 0.5) is 10.8 Å². The Bertz CT molecular complexity index is 1530. The molecule has 4 rings (SSSR count). The summed E-state index contributed by atoms with van der Waals surface area (Å²) in [7, 11) is -3.78. The zero-order chi connectivity index (χ0) is 28.2. The van der Waals surface area contributed by atoms with Gasteiger partial charge in [0.15, 0.2) is 5.13 Å². The highest BCUT2D eigenvalue weighted by Gasteiger charge is 2.26. The Balaban J connectivity index is 1.66. The second-order valence-electron chi connectivity index (χ2n) is 9.44. The highest BCUT2D eigenvalue weighted by Crippen LogP contribution is 2.33. The van der Waals surface area contributed by atoms with Crippen molar-refractivity contribution in [2.75, 3.05) is 41.9 Å². The Morgan fingerprint density at radius 3 is 2.15 bits per heavy atom. The van der Waals surface area contributed by atoms with Crippen LogP contribution in [0.3, 0.4) is 0 Å². The van der Waals surface area contributed by atoms with E-state index in [0.29, 0.717) is 36.0 Å². The van der Waals surface area contributed by atoms with Crippen LogP contribution in [0.2, 0.25) is 0 Å². The topological polar surface area (TPSA) is 73.8 Å². The average Bonchev–Trinajstić information content (AvgIpc) is 3.36. The van der Waals surface area contributed by atoms with Crippen molar-refractivity contribution in [3.05, 3.63) is 83.4 Å². The third-order valence-corrected chi connectivity index (χ3v) is 9.79. The number of hydrogen-bond donors (Lipinski definition) is 0. The number of para-hydroxylation sites is 1. The van der Waals surface area contributed by atoms with Crippen LogP contribution >= 0.6 is 11.3 Å². The highest BCUT2D eigenvalue weighted by atomic mass is 32.2. The van der Waals surface area contributed by atoms with E-state index in [1.54, 1.807) is 36.1 Å². The van der Waals surface area contributed by atoms with E-state index in [4.69, 9.17) is 4.98 Å². The summed E-state index contributed by atoms with van der Waals surface area (Å²) < 4.78 is 29.3. The number of rotatable bonds is 11. The molecular formula is C30H36N4O3S2. The molecule has 4 aromatic rings. The van der Waals surface area contributed by atoms with E-state index in [1.165, 1.54) is 27.8 Å². The largest absolute Gasteiger partial charge is 0.302 e. The molecule has 39 heavy (non-hydrogen) atoms. The smallest absolute Gasteiger partial charge is 0.264 e. The van der Waals surface area contributed by atoms with Gasteiger partial charge in [-0.25, -0.2) is 13.4 Å². The lowest BCUT2D eigenvalue weighted by atomic mass is 10.1. The number of likely N-dealkylation sites (N-methyl/N-ethyl adjacent to an activating group) is 1. The molecule has 0 bridgehead atoms. The summed E-state index contributed by atoms with van der Waals surface area (Å²) in [5, 5.41) is 0.647. The lowest BCUT2D eigenvalue weighted by Crippen LogP contribution is -2.39. The fourth-order valence-corrected chi connectivity index (χ4v) is 7.32. The molecule has 0 radical (unpaired) electrons. The van der Waals surface area contributed by atoms with Gasteiger partial charge in [-0.05, 0) is 87.5 Å². The molecule has 1 amide bonds. The van der Waals surface area contributed by atoms with E-state index in [2.05, 4.69) is 37.8 Å². The van der Waals surface area contributed by atoms with Crippen LogP contribution in [-0.2, 0) is 10.0 Å². The molecule has 7 nitrogen and oxygen atoms in total. The monoisotopic (exact) mass is 564 g/mol. The number of fused-ring (bicyclic) bond motifs is 1. The fourth-order valence-electron chi connectivity index (χ4n) is 4.68. The minimum Gasteiger partial charge on any atom is -0.302 e. The van der Waals surface area contributed by atoms with E-state index < -0.39 is 10.0 Å². The summed E-state index contributed by atoms with van der Waals surface area (Å²) in [6.45, 7) is 13.4. The van der Waals surface area contributed by atoms with Crippen LogP contribution < -0.4 is 9.21 Å². The molecule has 9 heteroatoms. The van der Waals surface area contributed by atoms with Crippen LogP contribution in [0, 0.1) is 13.8 Å². The van der Waals surface area contributed by atoms with Gasteiger partial charge in [-0.15, -0.1) is 0 Å². The van der Waals surface area contributed by atoms with Gasteiger partial charge >= 0.3 is 0 Å². The van der Waals surface area contributed by atoms with Gasteiger partial charge in [-0.3, -0.25) is 14.0 Å². The first-order chi connectivity index (χ1) is 18.7. The molecule has 0 N–H and O–H groups in total. The number of benzene rings is 3. The van der Waals surface area contributed by atoms with Crippen molar-refractivity contribution in [1.29, 1.82) is 0 Å². The normalized spacial score (nSPS) is 11.7. The minimum absolute atomic E-state index is 0.144. The zero-order valence-corrected chi connectivity index (χ0v) is 24.8. The molecule has 0 aliphatic carbocycles. The summed E-state index contributed by atoms with van der Waals surface area (Å²) >= 11 is 1.51. The number of amides is 1. The third-order valence-electron chi connectivity index (χ3n) is 6.85. The number of sulfonamides is 1. The SMILES string of the molecule is CCN(CC)CCN(C(=O)c1ccc(S(=O)(=O)N(CC)c2ccccc2)cc1)c1nc2c(C)cc(C)cc2s1. The van der Waals surface area contributed by atoms with Crippen molar-refractivity contribution in [1.82, 2.24) is 9.88 Å². The predicted molar refractivity (Wildman–Crippen MR) is 162 cm³/mol. The van der Waals surface area contributed by atoms with Gasteiger partial charge in [0.25, 0.3) is 15.9 Å². The molecule has 0 unspecified atom stereocenters. The van der Waals surface area contributed by atoms with Crippen LogP contribution in [0.1, 0.15) is 42.3 Å². The predicted octanol–water partition coefficient (Wildman–Crippen LogP) is 6.12. The van der Waals surface area contributed by atoms with Crippen molar-refractivity contribution in [2.45, 2.75) is 39.5 Å². The maximum absolute atomic E-state index is 13.8. The number of carbonyl (C=O) groups excluding carboxylic acids is 1. The van der Waals surface area contributed by atoms with Gasteiger partial charge in [0.05, 0.1) is 20.8 Å². The molecule has 3 aromatic carbocycles. The number of carbonyl (C=O) groups is 1. The number of nitrogens with zero attached hydrogens (tertiary/aromatic N) is 4. The first kappa shape index (κ1) is 28.7. The van der Waals surface area contributed by atoms with E-state index in [9.17, 15) is 13.2 Å². The molecule has 0 saturated carbocycles. The highest BCUT2D eigenvalue weighted by molar-refractivity contribution is 7.92. The second kappa shape index (κ2) is 12.3. The van der Waals surface area contributed by atoms with E-state index in [0.717, 1.165) is 34.4 Å². The van der Waals surface area contributed by atoms with Crippen LogP contribution in [-0.4, -0.2) is 56.9 Å². The zero-order valence-electron chi connectivity index (χ0n) is 23.2. The van der Waals surface area contributed by atoms with Gasteiger partial charge in [0.1, 0.15) is 0 Å². The van der Waals surface area contributed by atoms with Crippen molar-refractivity contribution < 1.29 is 13.2 Å². The van der Waals surface area contributed by atoms with Gasteiger partial charge in [0.2, 0.25) is 0 Å². The second-order valence-corrected chi connectivity index (χ2v) is 12.3. The maximum atomic E-state index is 13.8. The minimum atomic E-state index is -3.78. The molecule has 0 aliphatic rings. The number of hydrogen-bond acceptors (Lipinski definition) is 6. The van der Waals surface area contributed by atoms with E-state index >= 15 is 0 Å².